The fourth-order valence-corrected chi connectivity index (χ4v) is 2.90. The van der Waals surface area contributed by atoms with Crippen LogP contribution in [0, 0.1) is 0 Å². The molecule has 1 fully saturated rings. The van der Waals surface area contributed by atoms with Gasteiger partial charge in [-0.3, -0.25) is 24.0 Å². The molecule has 2 heterocycles. The van der Waals surface area contributed by atoms with Gasteiger partial charge in [-0.05, 0) is 5.56 Å². The van der Waals surface area contributed by atoms with Crippen molar-refractivity contribution in [1.29, 1.82) is 0 Å². The number of carbonyl (C=O) groups is 1. The molecule has 1 aliphatic heterocycles. The number of H-pyrrole nitrogens is 1. The fourth-order valence-electron chi connectivity index (χ4n) is 2.90. The van der Waals surface area contributed by atoms with Crippen LogP contribution in [0.3, 0.4) is 0 Å². The molecule has 1 N–H and O–H groups in total. The van der Waals surface area contributed by atoms with Crippen molar-refractivity contribution in [3.63, 3.8) is 0 Å². The Bertz CT molecular complexity index is 877. The molecule has 0 radical (unpaired) electrons. The third-order valence-corrected chi connectivity index (χ3v) is 4.40. The van der Waals surface area contributed by atoms with Crippen LogP contribution < -0.4 is 11.2 Å². The standard InChI is InChI=1S/C19H22N4O3/c24-17-8-10-23(19(26)20-17)15-18(25)22-13-11-21(12-14-22)9-4-7-16-5-2-1-3-6-16/h1-8,10H,9,11-15H2,(H,20,24,26). The molecule has 1 aromatic carbocycles. The zero-order chi connectivity index (χ0) is 18.4. The molecule has 1 aliphatic rings. The minimum atomic E-state index is -0.560. The van der Waals surface area contributed by atoms with Crippen LogP contribution in [0.25, 0.3) is 6.08 Å². The van der Waals surface area contributed by atoms with Gasteiger partial charge in [-0.2, -0.15) is 0 Å². The Balaban J connectivity index is 1.47. The Morgan fingerprint density at radius 1 is 1.04 bits per heavy atom. The van der Waals surface area contributed by atoms with E-state index in [0.717, 1.165) is 19.6 Å². The molecule has 1 aromatic heterocycles. The average molecular weight is 354 g/mol. The molecule has 26 heavy (non-hydrogen) atoms. The Labute approximate surface area is 151 Å². The molecule has 0 atom stereocenters. The van der Waals surface area contributed by atoms with Crippen LogP contribution in [0.5, 0.6) is 0 Å². The highest BCUT2D eigenvalue weighted by Gasteiger charge is 2.20. The highest BCUT2D eigenvalue weighted by molar-refractivity contribution is 5.76. The number of hydrogen-bond donors (Lipinski definition) is 1. The summed E-state index contributed by atoms with van der Waals surface area (Å²) in [4.78, 5) is 41.3. The van der Waals surface area contributed by atoms with Crippen molar-refractivity contribution in [2.75, 3.05) is 32.7 Å². The first-order valence-electron chi connectivity index (χ1n) is 8.63. The highest BCUT2D eigenvalue weighted by atomic mass is 16.2. The van der Waals surface area contributed by atoms with Crippen molar-refractivity contribution in [3.8, 4) is 0 Å². The van der Waals surface area contributed by atoms with E-state index in [1.807, 2.05) is 18.2 Å². The van der Waals surface area contributed by atoms with Crippen LogP contribution in [0.1, 0.15) is 5.56 Å². The lowest BCUT2D eigenvalue weighted by atomic mass is 10.2. The first-order valence-corrected chi connectivity index (χ1v) is 8.63. The van der Waals surface area contributed by atoms with Gasteiger partial charge in [0.25, 0.3) is 5.56 Å². The minimum absolute atomic E-state index is 0.0521. The van der Waals surface area contributed by atoms with Gasteiger partial charge in [-0.1, -0.05) is 42.5 Å². The predicted molar refractivity (Wildman–Crippen MR) is 99.8 cm³/mol. The zero-order valence-corrected chi connectivity index (χ0v) is 14.5. The van der Waals surface area contributed by atoms with E-state index in [0.29, 0.717) is 13.1 Å². The maximum atomic E-state index is 12.4. The molecule has 7 heteroatoms. The van der Waals surface area contributed by atoms with Gasteiger partial charge in [0.05, 0.1) is 0 Å². The second kappa shape index (κ2) is 8.44. The summed E-state index contributed by atoms with van der Waals surface area (Å²) in [6, 6.07) is 11.4. The summed E-state index contributed by atoms with van der Waals surface area (Å²) in [7, 11) is 0. The van der Waals surface area contributed by atoms with Crippen LogP contribution in [0.2, 0.25) is 0 Å². The summed E-state index contributed by atoms with van der Waals surface area (Å²) in [6.07, 6.45) is 5.58. The van der Waals surface area contributed by atoms with E-state index in [4.69, 9.17) is 0 Å². The Morgan fingerprint density at radius 3 is 2.46 bits per heavy atom. The molecule has 136 valence electrons. The molecule has 0 aliphatic carbocycles. The van der Waals surface area contributed by atoms with E-state index in [9.17, 15) is 14.4 Å². The number of amides is 1. The van der Waals surface area contributed by atoms with E-state index < -0.39 is 11.2 Å². The lowest BCUT2D eigenvalue weighted by molar-refractivity contribution is -0.133. The van der Waals surface area contributed by atoms with Crippen LogP contribution in [0.15, 0.2) is 58.3 Å². The zero-order valence-electron chi connectivity index (χ0n) is 14.5. The molecule has 3 rings (SSSR count). The first kappa shape index (κ1) is 17.9. The minimum Gasteiger partial charge on any atom is -0.339 e. The van der Waals surface area contributed by atoms with Crippen molar-refractivity contribution < 1.29 is 4.79 Å². The molecule has 0 bridgehead atoms. The molecule has 7 nitrogen and oxygen atoms in total. The van der Waals surface area contributed by atoms with Crippen LogP contribution in [0.4, 0.5) is 0 Å². The van der Waals surface area contributed by atoms with Crippen LogP contribution in [-0.2, 0) is 11.3 Å². The monoisotopic (exact) mass is 354 g/mol. The number of nitrogens with one attached hydrogen (secondary N) is 1. The van der Waals surface area contributed by atoms with Crippen molar-refractivity contribution in [3.05, 3.63) is 75.1 Å². The number of aromatic nitrogens is 2. The molecular weight excluding hydrogens is 332 g/mol. The smallest absolute Gasteiger partial charge is 0.328 e. The van der Waals surface area contributed by atoms with E-state index in [2.05, 4.69) is 34.2 Å². The number of hydrogen-bond acceptors (Lipinski definition) is 4. The van der Waals surface area contributed by atoms with E-state index in [1.54, 1.807) is 4.90 Å². The van der Waals surface area contributed by atoms with Crippen molar-refractivity contribution in [2.45, 2.75) is 6.54 Å². The maximum absolute atomic E-state index is 12.4. The average Bonchev–Trinajstić information content (AvgIpc) is 2.65. The summed E-state index contributed by atoms with van der Waals surface area (Å²) in [5.41, 5.74) is 0.152. The van der Waals surface area contributed by atoms with Crippen molar-refractivity contribution in [2.24, 2.45) is 0 Å². The topological polar surface area (TPSA) is 78.4 Å². The summed E-state index contributed by atoms with van der Waals surface area (Å²) in [6.45, 7) is 3.66. The van der Waals surface area contributed by atoms with Crippen LogP contribution in [-0.4, -0.2) is 58.0 Å². The van der Waals surface area contributed by atoms with Gasteiger partial charge in [0.15, 0.2) is 0 Å². The quantitative estimate of drug-likeness (QED) is 0.843. The van der Waals surface area contributed by atoms with Gasteiger partial charge >= 0.3 is 5.69 Å². The number of carbonyl (C=O) groups excluding carboxylic acids is 1. The number of aromatic amines is 1. The molecule has 1 amide bonds. The van der Waals surface area contributed by atoms with Crippen molar-refractivity contribution in [1.82, 2.24) is 19.4 Å². The third kappa shape index (κ3) is 4.80. The number of rotatable bonds is 5. The largest absolute Gasteiger partial charge is 0.339 e. The molecular formula is C19H22N4O3. The van der Waals surface area contributed by atoms with Gasteiger partial charge in [0, 0.05) is 45.0 Å². The Hall–Kier alpha value is -2.93. The number of piperazine rings is 1. The summed E-state index contributed by atoms with van der Waals surface area (Å²) < 4.78 is 1.22. The normalized spacial score (nSPS) is 15.5. The SMILES string of the molecule is O=C(Cn1ccc(=O)[nH]c1=O)N1CCN(CC=Cc2ccccc2)CC1. The Morgan fingerprint density at radius 2 is 1.77 bits per heavy atom. The van der Waals surface area contributed by atoms with E-state index in [-0.39, 0.29) is 12.5 Å². The number of nitrogens with zero attached hydrogens (tertiary/aromatic N) is 3. The van der Waals surface area contributed by atoms with Gasteiger partial charge in [-0.25, -0.2) is 4.79 Å². The second-order valence-electron chi connectivity index (χ2n) is 6.23. The van der Waals surface area contributed by atoms with Gasteiger partial charge in [-0.15, -0.1) is 0 Å². The first-order chi connectivity index (χ1) is 12.6. The molecule has 0 spiro atoms. The highest BCUT2D eigenvalue weighted by Crippen LogP contribution is 2.05. The number of benzene rings is 1. The summed E-state index contributed by atoms with van der Waals surface area (Å²) in [5.74, 6) is -0.112. The molecule has 2 aromatic rings. The lowest BCUT2D eigenvalue weighted by Gasteiger charge is -2.34. The third-order valence-electron chi connectivity index (χ3n) is 4.40. The van der Waals surface area contributed by atoms with Gasteiger partial charge in [0.1, 0.15) is 6.54 Å². The second-order valence-corrected chi connectivity index (χ2v) is 6.23. The Kier molecular flexibility index (Phi) is 5.80. The van der Waals surface area contributed by atoms with Crippen LogP contribution >= 0.6 is 0 Å². The van der Waals surface area contributed by atoms with Gasteiger partial charge < -0.3 is 4.90 Å². The summed E-state index contributed by atoms with van der Waals surface area (Å²) in [5, 5.41) is 0. The van der Waals surface area contributed by atoms with Crippen molar-refractivity contribution >= 4 is 12.0 Å². The predicted octanol–water partition coefficient (Wildman–Crippen LogP) is 0.394. The summed E-state index contributed by atoms with van der Waals surface area (Å²) >= 11 is 0. The lowest BCUT2D eigenvalue weighted by Crippen LogP contribution is -2.50. The molecule has 0 unspecified atom stereocenters. The van der Waals surface area contributed by atoms with Gasteiger partial charge in [0.2, 0.25) is 5.91 Å². The van der Waals surface area contributed by atoms with E-state index in [1.165, 1.54) is 22.4 Å². The fraction of sp³-hybridized carbons (Fsp3) is 0.316. The maximum Gasteiger partial charge on any atom is 0.328 e. The van der Waals surface area contributed by atoms with E-state index >= 15 is 0 Å². The molecule has 1 saturated heterocycles. The molecule has 0 saturated carbocycles.